The van der Waals surface area contributed by atoms with Crippen LogP contribution in [0.4, 0.5) is 0 Å². The van der Waals surface area contributed by atoms with E-state index in [9.17, 15) is 0 Å². The molecule has 3 heteroatoms. The first-order chi connectivity index (χ1) is 3.81. The Morgan fingerprint density at radius 3 is 1.89 bits per heavy atom. The molecule has 2 nitrogen and oxygen atoms in total. The maximum atomic E-state index is 4.87. The maximum absolute atomic E-state index is 4.87. The standard InChI is InChI=1S/C6H12O2.Li.H/c1-4-7-6(3)8-5-2;;/h3-5H2,1-2H3;;/q;+1;-1. The summed E-state index contributed by atoms with van der Waals surface area (Å²) < 4.78 is 9.73. The van der Waals surface area contributed by atoms with Crippen molar-refractivity contribution in [3.63, 3.8) is 0 Å². The van der Waals surface area contributed by atoms with Gasteiger partial charge in [0.25, 0.3) is 5.95 Å². The number of rotatable bonds is 4. The molecule has 0 N–H and O–H groups in total. The van der Waals surface area contributed by atoms with Gasteiger partial charge in [0.05, 0.1) is 13.2 Å². The van der Waals surface area contributed by atoms with Crippen LogP contribution < -0.4 is 18.9 Å². The Balaban J connectivity index is -0.000000245. The van der Waals surface area contributed by atoms with Crippen molar-refractivity contribution in [3.05, 3.63) is 12.5 Å². The van der Waals surface area contributed by atoms with Crippen LogP contribution >= 0.6 is 0 Å². The zero-order valence-corrected chi connectivity index (χ0v) is 6.44. The van der Waals surface area contributed by atoms with Gasteiger partial charge in [-0.3, -0.25) is 0 Å². The third-order valence-corrected chi connectivity index (χ3v) is 0.611. The van der Waals surface area contributed by atoms with Gasteiger partial charge in [-0.05, 0) is 20.4 Å². The second-order valence-corrected chi connectivity index (χ2v) is 1.24. The summed E-state index contributed by atoms with van der Waals surface area (Å²) in [5.74, 6) is 0.412. The van der Waals surface area contributed by atoms with E-state index in [-0.39, 0.29) is 20.3 Å². The molecule has 0 aliphatic carbocycles. The van der Waals surface area contributed by atoms with E-state index < -0.39 is 0 Å². The summed E-state index contributed by atoms with van der Waals surface area (Å²) >= 11 is 0. The van der Waals surface area contributed by atoms with Crippen molar-refractivity contribution in [1.82, 2.24) is 0 Å². The van der Waals surface area contributed by atoms with Gasteiger partial charge in [0, 0.05) is 0 Å². The average Bonchev–Trinajstić information content (AvgIpc) is 1.68. The smallest absolute Gasteiger partial charge is 1.00 e. The van der Waals surface area contributed by atoms with Gasteiger partial charge in [0.15, 0.2) is 0 Å². The molecule has 0 heterocycles. The monoisotopic (exact) mass is 124 g/mol. The first-order valence-corrected chi connectivity index (χ1v) is 2.75. The fourth-order valence-corrected chi connectivity index (χ4v) is 0.364. The number of ether oxygens (including phenoxy) is 2. The molecule has 0 aromatic carbocycles. The topological polar surface area (TPSA) is 18.5 Å². The second kappa shape index (κ2) is 7.94. The van der Waals surface area contributed by atoms with Crippen LogP contribution in [0, 0.1) is 0 Å². The molecule has 0 saturated carbocycles. The van der Waals surface area contributed by atoms with Gasteiger partial charge in [-0.1, -0.05) is 0 Å². The van der Waals surface area contributed by atoms with Crippen molar-refractivity contribution < 1.29 is 29.8 Å². The van der Waals surface area contributed by atoms with Gasteiger partial charge in [0.2, 0.25) is 0 Å². The molecule has 0 fully saturated rings. The molecule has 0 spiro atoms. The van der Waals surface area contributed by atoms with Crippen molar-refractivity contribution in [2.75, 3.05) is 13.2 Å². The summed E-state index contributed by atoms with van der Waals surface area (Å²) in [6.45, 7) is 8.52. The summed E-state index contributed by atoms with van der Waals surface area (Å²) in [6.07, 6.45) is 0. The number of hydrogen-bond donors (Lipinski definition) is 0. The summed E-state index contributed by atoms with van der Waals surface area (Å²) in [4.78, 5) is 0. The Bertz CT molecular complexity index is 70.1. The fraction of sp³-hybridized carbons (Fsp3) is 0.667. The van der Waals surface area contributed by atoms with Crippen LogP contribution in [0.2, 0.25) is 0 Å². The summed E-state index contributed by atoms with van der Waals surface area (Å²) in [7, 11) is 0. The first kappa shape index (κ1) is 11.7. The van der Waals surface area contributed by atoms with E-state index in [2.05, 4.69) is 6.58 Å². The Morgan fingerprint density at radius 2 is 1.67 bits per heavy atom. The minimum Gasteiger partial charge on any atom is -1.00 e. The van der Waals surface area contributed by atoms with Crippen LogP contribution in [0.25, 0.3) is 0 Å². The van der Waals surface area contributed by atoms with E-state index in [1.54, 1.807) is 0 Å². The molecule has 0 aromatic rings. The molecule has 50 valence electrons. The van der Waals surface area contributed by atoms with Crippen molar-refractivity contribution >= 4 is 0 Å². The molecule has 0 radical (unpaired) electrons. The normalized spacial score (nSPS) is 7.33. The van der Waals surface area contributed by atoms with Gasteiger partial charge < -0.3 is 10.9 Å². The molecule has 0 bridgehead atoms. The molecular formula is C6H13LiO2. The Morgan fingerprint density at radius 1 is 1.33 bits per heavy atom. The van der Waals surface area contributed by atoms with Crippen molar-refractivity contribution in [1.29, 1.82) is 0 Å². The SMILES string of the molecule is C=C(OCC)OCC.[H-].[Li+]. The molecule has 9 heavy (non-hydrogen) atoms. The van der Waals surface area contributed by atoms with E-state index in [0.29, 0.717) is 19.2 Å². The fourth-order valence-electron chi connectivity index (χ4n) is 0.364. The Kier molecular flexibility index (Phi) is 10.3. The molecule has 0 rings (SSSR count). The van der Waals surface area contributed by atoms with E-state index in [1.807, 2.05) is 13.8 Å². The molecule has 0 unspecified atom stereocenters. The second-order valence-electron chi connectivity index (χ2n) is 1.24. The van der Waals surface area contributed by atoms with Crippen molar-refractivity contribution in [3.8, 4) is 0 Å². The zero-order chi connectivity index (χ0) is 6.41. The third-order valence-electron chi connectivity index (χ3n) is 0.611. The summed E-state index contributed by atoms with van der Waals surface area (Å²) in [5.41, 5.74) is 0. The third kappa shape index (κ3) is 7.94. The molecular weight excluding hydrogens is 111 g/mol. The zero-order valence-electron chi connectivity index (χ0n) is 7.44. The molecule has 0 atom stereocenters. The van der Waals surface area contributed by atoms with Crippen molar-refractivity contribution in [2.45, 2.75) is 13.8 Å². The molecule has 0 amide bonds. The van der Waals surface area contributed by atoms with E-state index in [1.165, 1.54) is 0 Å². The summed E-state index contributed by atoms with van der Waals surface area (Å²) in [6, 6.07) is 0. The van der Waals surface area contributed by atoms with Gasteiger partial charge in [0.1, 0.15) is 0 Å². The first-order valence-electron chi connectivity index (χ1n) is 2.75. The van der Waals surface area contributed by atoms with E-state index in [0.717, 1.165) is 0 Å². The van der Waals surface area contributed by atoms with Crippen LogP contribution in [0.5, 0.6) is 0 Å². The Labute approximate surface area is 69.9 Å². The van der Waals surface area contributed by atoms with Gasteiger partial charge >= 0.3 is 18.9 Å². The van der Waals surface area contributed by atoms with Gasteiger partial charge in [-0.25, -0.2) is 0 Å². The van der Waals surface area contributed by atoms with Crippen LogP contribution in [-0.4, -0.2) is 13.2 Å². The molecule has 0 aromatic heterocycles. The Hall–Kier alpha value is -0.0626. The molecule has 0 saturated heterocycles. The van der Waals surface area contributed by atoms with Crippen LogP contribution in [-0.2, 0) is 9.47 Å². The minimum atomic E-state index is 0. The van der Waals surface area contributed by atoms with Crippen LogP contribution in [0.15, 0.2) is 12.5 Å². The number of hydrogen-bond acceptors (Lipinski definition) is 2. The van der Waals surface area contributed by atoms with Gasteiger partial charge in [-0.2, -0.15) is 0 Å². The van der Waals surface area contributed by atoms with E-state index in [4.69, 9.17) is 9.47 Å². The minimum absolute atomic E-state index is 0. The molecule has 0 aliphatic rings. The average molecular weight is 124 g/mol. The van der Waals surface area contributed by atoms with E-state index >= 15 is 0 Å². The van der Waals surface area contributed by atoms with Crippen LogP contribution in [0.3, 0.4) is 0 Å². The van der Waals surface area contributed by atoms with Crippen molar-refractivity contribution in [2.24, 2.45) is 0 Å². The van der Waals surface area contributed by atoms with Crippen LogP contribution in [0.1, 0.15) is 15.3 Å². The quantitative estimate of drug-likeness (QED) is 0.340. The predicted octanol–water partition coefficient (Wildman–Crippen LogP) is -1.35. The predicted molar refractivity (Wildman–Crippen MR) is 33.5 cm³/mol. The largest absolute Gasteiger partial charge is 1.00 e. The molecule has 0 aliphatic heterocycles. The summed E-state index contributed by atoms with van der Waals surface area (Å²) in [5, 5.41) is 0. The van der Waals surface area contributed by atoms with Gasteiger partial charge in [-0.15, -0.1) is 0 Å². The maximum Gasteiger partial charge on any atom is 1.00 e.